The standard InChI is InChI=1S/C17H25N3O3/c1-2-13-7-9-14(10-8-13)19-17(21)11-12-18-15-5-3-4-6-16(15)20(22)23/h3-6,13-14,18H,2,7-12H2,1H3,(H,19,21). The average molecular weight is 319 g/mol. The van der Waals surface area contributed by atoms with Crippen LogP contribution in [0.25, 0.3) is 0 Å². The number of carbonyl (C=O) groups excluding carboxylic acids is 1. The highest BCUT2D eigenvalue weighted by atomic mass is 16.6. The largest absolute Gasteiger partial charge is 0.379 e. The normalized spacial score (nSPS) is 20.7. The third-order valence-electron chi connectivity index (χ3n) is 4.56. The number of hydrogen-bond acceptors (Lipinski definition) is 4. The highest BCUT2D eigenvalue weighted by Gasteiger charge is 2.21. The third-order valence-corrected chi connectivity index (χ3v) is 4.56. The van der Waals surface area contributed by atoms with E-state index in [4.69, 9.17) is 0 Å². The molecule has 6 heteroatoms. The number of hydrogen-bond donors (Lipinski definition) is 2. The molecule has 2 N–H and O–H groups in total. The van der Waals surface area contributed by atoms with Gasteiger partial charge in [0, 0.05) is 25.1 Å². The van der Waals surface area contributed by atoms with E-state index in [0.29, 0.717) is 18.7 Å². The minimum Gasteiger partial charge on any atom is -0.379 e. The van der Waals surface area contributed by atoms with Crippen molar-refractivity contribution in [2.75, 3.05) is 11.9 Å². The molecule has 126 valence electrons. The van der Waals surface area contributed by atoms with Crippen molar-refractivity contribution < 1.29 is 9.72 Å². The molecule has 1 aromatic rings. The fourth-order valence-electron chi connectivity index (χ4n) is 3.11. The maximum atomic E-state index is 12.0. The van der Waals surface area contributed by atoms with E-state index in [-0.39, 0.29) is 17.6 Å². The molecule has 0 bridgehead atoms. The van der Waals surface area contributed by atoms with Gasteiger partial charge < -0.3 is 10.6 Å². The van der Waals surface area contributed by atoms with Gasteiger partial charge in [0.2, 0.25) is 5.91 Å². The Balaban J connectivity index is 1.72. The topological polar surface area (TPSA) is 84.3 Å². The molecule has 1 amide bonds. The summed E-state index contributed by atoms with van der Waals surface area (Å²) in [6, 6.07) is 6.76. The molecule has 1 saturated carbocycles. The smallest absolute Gasteiger partial charge is 0.292 e. The van der Waals surface area contributed by atoms with Crippen molar-refractivity contribution in [2.45, 2.75) is 51.5 Å². The first-order valence-corrected chi connectivity index (χ1v) is 8.36. The highest BCUT2D eigenvalue weighted by Crippen LogP contribution is 2.26. The van der Waals surface area contributed by atoms with Crippen molar-refractivity contribution in [3.8, 4) is 0 Å². The molecule has 23 heavy (non-hydrogen) atoms. The van der Waals surface area contributed by atoms with E-state index in [2.05, 4.69) is 17.6 Å². The lowest BCUT2D eigenvalue weighted by molar-refractivity contribution is -0.384. The predicted molar refractivity (Wildman–Crippen MR) is 90.4 cm³/mol. The molecule has 0 atom stereocenters. The Morgan fingerprint density at radius 3 is 2.61 bits per heavy atom. The zero-order valence-corrected chi connectivity index (χ0v) is 13.6. The highest BCUT2D eigenvalue weighted by molar-refractivity contribution is 5.77. The van der Waals surface area contributed by atoms with Crippen LogP contribution in [0.15, 0.2) is 24.3 Å². The fraction of sp³-hybridized carbons (Fsp3) is 0.588. The molecule has 1 aromatic carbocycles. The van der Waals surface area contributed by atoms with Gasteiger partial charge in [-0.25, -0.2) is 0 Å². The van der Waals surface area contributed by atoms with Gasteiger partial charge in [0.15, 0.2) is 0 Å². The molecule has 2 rings (SSSR count). The van der Waals surface area contributed by atoms with E-state index in [0.717, 1.165) is 18.8 Å². The monoisotopic (exact) mass is 319 g/mol. The maximum absolute atomic E-state index is 12.0. The zero-order chi connectivity index (χ0) is 16.7. The first-order valence-electron chi connectivity index (χ1n) is 8.36. The van der Waals surface area contributed by atoms with Gasteiger partial charge in [-0.2, -0.15) is 0 Å². The lowest BCUT2D eigenvalue weighted by atomic mass is 9.84. The number of nitro groups is 1. The maximum Gasteiger partial charge on any atom is 0.292 e. The van der Waals surface area contributed by atoms with Gasteiger partial charge in [-0.15, -0.1) is 0 Å². The molecular formula is C17H25N3O3. The SMILES string of the molecule is CCC1CCC(NC(=O)CCNc2ccccc2[N+](=O)[O-])CC1. The minimum atomic E-state index is -0.422. The third kappa shape index (κ3) is 5.23. The summed E-state index contributed by atoms with van der Waals surface area (Å²) in [5, 5.41) is 17.0. The molecule has 0 spiro atoms. The van der Waals surface area contributed by atoms with Crippen molar-refractivity contribution >= 4 is 17.3 Å². The van der Waals surface area contributed by atoms with E-state index in [1.165, 1.54) is 25.3 Å². The summed E-state index contributed by atoms with van der Waals surface area (Å²) in [5.41, 5.74) is 0.486. The lowest BCUT2D eigenvalue weighted by Gasteiger charge is -2.28. The van der Waals surface area contributed by atoms with Crippen LogP contribution < -0.4 is 10.6 Å². The average Bonchev–Trinajstić information content (AvgIpc) is 2.56. The first kappa shape index (κ1) is 17.2. The quantitative estimate of drug-likeness (QED) is 0.595. The van der Waals surface area contributed by atoms with Crippen molar-refractivity contribution in [2.24, 2.45) is 5.92 Å². The van der Waals surface area contributed by atoms with Crippen LogP contribution in [0.4, 0.5) is 11.4 Å². The number of anilines is 1. The molecule has 0 aromatic heterocycles. The molecule has 0 saturated heterocycles. The molecule has 0 unspecified atom stereocenters. The first-order chi connectivity index (χ1) is 11.1. The fourth-order valence-corrected chi connectivity index (χ4v) is 3.11. The van der Waals surface area contributed by atoms with Gasteiger partial charge in [0.1, 0.15) is 5.69 Å². The summed E-state index contributed by atoms with van der Waals surface area (Å²) in [4.78, 5) is 22.5. The summed E-state index contributed by atoms with van der Waals surface area (Å²) in [7, 11) is 0. The number of amides is 1. The second kappa shape index (κ2) is 8.50. The Morgan fingerprint density at radius 1 is 1.26 bits per heavy atom. The number of rotatable bonds is 7. The summed E-state index contributed by atoms with van der Waals surface area (Å²) >= 11 is 0. The van der Waals surface area contributed by atoms with Gasteiger partial charge in [0.05, 0.1) is 4.92 Å². The van der Waals surface area contributed by atoms with Crippen molar-refractivity contribution in [1.29, 1.82) is 0 Å². The molecule has 1 fully saturated rings. The Morgan fingerprint density at radius 2 is 1.96 bits per heavy atom. The van der Waals surface area contributed by atoms with Crippen LogP contribution in [0.1, 0.15) is 45.4 Å². The lowest BCUT2D eigenvalue weighted by Crippen LogP contribution is -2.38. The summed E-state index contributed by atoms with van der Waals surface area (Å²) in [6.07, 6.45) is 6.04. The van der Waals surface area contributed by atoms with Crippen LogP contribution in [0.2, 0.25) is 0 Å². The Bertz CT molecular complexity index is 540. The van der Waals surface area contributed by atoms with Gasteiger partial charge in [0.25, 0.3) is 5.69 Å². The molecule has 0 aliphatic heterocycles. The minimum absolute atomic E-state index is 0.0102. The Hall–Kier alpha value is -2.11. The van der Waals surface area contributed by atoms with Crippen LogP contribution in [0.3, 0.4) is 0 Å². The zero-order valence-electron chi connectivity index (χ0n) is 13.6. The predicted octanol–water partition coefficient (Wildman–Crippen LogP) is 3.48. The Labute approximate surface area is 136 Å². The van der Waals surface area contributed by atoms with Gasteiger partial charge in [-0.05, 0) is 37.7 Å². The number of nitrogens with one attached hydrogen (secondary N) is 2. The van der Waals surface area contributed by atoms with Crippen molar-refractivity contribution in [3.05, 3.63) is 34.4 Å². The molecule has 0 radical (unpaired) electrons. The van der Waals surface area contributed by atoms with Crippen molar-refractivity contribution in [1.82, 2.24) is 5.32 Å². The number of benzene rings is 1. The van der Waals surface area contributed by atoms with Crippen LogP contribution in [0, 0.1) is 16.0 Å². The molecule has 6 nitrogen and oxygen atoms in total. The van der Waals surface area contributed by atoms with Gasteiger partial charge in [-0.1, -0.05) is 25.5 Å². The van der Waals surface area contributed by atoms with E-state index < -0.39 is 4.92 Å². The second-order valence-corrected chi connectivity index (χ2v) is 6.14. The summed E-state index contributed by atoms with van der Waals surface area (Å²) in [5.74, 6) is 0.819. The van der Waals surface area contributed by atoms with E-state index in [1.807, 2.05) is 0 Å². The van der Waals surface area contributed by atoms with Gasteiger partial charge in [-0.3, -0.25) is 14.9 Å². The summed E-state index contributed by atoms with van der Waals surface area (Å²) < 4.78 is 0. The van der Waals surface area contributed by atoms with E-state index in [9.17, 15) is 14.9 Å². The van der Waals surface area contributed by atoms with Crippen LogP contribution in [-0.4, -0.2) is 23.4 Å². The van der Waals surface area contributed by atoms with Crippen LogP contribution in [0.5, 0.6) is 0 Å². The van der Waals surface area contributed by atoms with Crippen LogP contribution >= 0.6 is 0 Å². The van der Waals surface area contributed by atoms with E-state index in [1.54, 1.807) is 18.2 Å². The number of nitro benzene ring substituents is 1. The number of para-hydroxylation sites is 2. The number of carbonyl (C=O) groups is 1. The summed E-state index contributed by atoms with van der Waals surface area (Å²) in [6.45, 7) is 2.61. The number of nitrogens with zero attached hydrogens (tertiary/aromatic N) is 1. The Kier molecular flexibility index (Phi) is 6.38. The second-order valence-electron chi connectivity index (χ2n) is 6.14. The van der Waals surface area contributed by atoms with Crippen molar-refractivity contribution in [3.63, 3.8) is 0 Å². The molecule has 0 heterocycles. The molecule has 1 aliphatic carbocycles. The van der Waals surface area contributed by atoms with Gasteiger partial charge >= 0.3 is 0 Å². The van der Waals surface area contributed by atoms with E-state index >= 15 is 0 Å². The molecular weight excluding hydrogens is 294 g/mol. The molecule has 1 aliphatic rings. The van der Waals surface area contributed by atoms with Crippen LogP contribution in [-0.2, 0) is 4.79 Å².